The SMILES string of the molecule is O=C(O)NC1(CO)CCN(Cc2ccccc2)CC1. The second-order valence-corrected chi connectivity index (χ2v) is 5.13. The summed E-state index contributed by atoms with van der Waals surface area (Å²) in [6.07, 6.45) is 0.219. The van der Waals surface area contributed by atoms with Crippen molar-refractivity contribution in [3.63, 3.8) is 0 Å². The van der Waals surface area contributed by atoms with E-state index in [9.17, 15) is 9.90 Å². The van der Waals surface area contributed by atoms with Crippen LogP contribution in [0.5, 0.6) is 0 Å². The third-order valence-electron chi connectivity index (χ3n) is 3.74. The average molecular weight is 264 g/mol. The lowest BCUT2D eigenvalue weighted by Crippen LogP contribution is -2.57. The molecule has 5 nitrogen and oxygen atoms in total. The van der Waals surface area contributed by atoms with Crippen molar-refractivity contribution in [2.45, 2.75) is 24.9 Å². The summed E-state index contributed by atoms with van der Waals surface area (Å²) in [4.78, 5) is 13.1. The highest BCUT2D eigenvalue weighted by molar-refractivity contribution is 5.65. The second kappa shape index (κ2) is 6.04. The van der Waals surface area contributed by atoms with E-state index in [0.29, 0.717) is 12.8 Å². The topological polar surface area (TPSA) is 72.8 Å². The van der Waals surface area contributed by atoms with Gasteiger partial charge in [0, 0.05) is 19.6 Å². The molecule has 0 spiro atoms. The maximum absolute atomic E-state index is 10.8. The lowest BCUT2D eigenvalue weighted by Gasteiger charge is -2.40. The van der Waals surface area contributed by atoms with Crippen LogP contribution in [0.3, 0.4) is 0 Å². The molecule has 1 saturated heterocycles. The molecule has 1 heterocycles. The van der Waals surface area contributed by atoms with Gasteiger partial charge in [-0.3, -0.25) is 4.90 Å². The summed E-state index contributed by atoms with van der Waals surface area (Å²) in [7, 11) is 0. The molecule has 0 bridgehead atoms. The van der Waals surface area contributed by atoms with Gasteiger partial charge in [0.25, 0.3) is 0 Å². The zero-order chi connectivity index (χ0) is 13.7. The van der Waals surface area contributed by atoms with E-state index in [-0.39, 0.29) is 6.61 Å². The number of nitrogens with zero attached hydrogens (tertiary/aromatic N) is 1. The molecule has 5 heteroatoms. The summed E-state index contributed by atoms with van der Waals surface area (Å²) < 4.78 is 0. The smallest absolute Gasteiger partial charge is 0.405 e. The van der Waals surface area contributed by atoms with E-state index < -0.39 is 11.6 Å². The molecule has 104 valence electrons. The first-order chi connectivity index (χ1) is 9.13. The second-order valence-electron chi connectivity index (χ2n) is 5.13. The Hall–Kier alpha value is -1.59. The zero-order valence-corrected chi connectivity index (χ0v) is 10.9. The van der Waals surface area contributed by atoms with Gasteiger partial charge >= 0.3 is 6.09 Å². The molecule has 0 unspecified atom stereocenters. The van der Waals surface area contributed by atoms with Crippen molar-refractivity contribution < 1.29 is 15.0 Å². The first kappa shape index (κ1) is 13.8. The Morgan fingerprint density at radius 3 is 2.42 bits per heavy atom. The number of carboxylic acid groups (broad SMARTS) is 1. The van der Waals surface area contributed by atoms with E-state index in [0.717, 1.165) is 19.6 Å². The monoisotopic (exact) mass is 264 g/mol. The number of nitrogens with one attached hydrogen (secondary N) is 1. The van der Waals surface area contributed by atoms with Crippen molar-refractivity contribution in [2.24, 2.45) is 0 Å². The predicted molar refractivity (Wildman–Crippen MR) is 71.9 cm³/mol. The highest BCUT2D eigenvalue weighted by atomic mass is 16.4. The van der Waals surface area contributed by atoms with E-state index in [1.54, 1.807) is 0 Å². The van der Waals surface area contributed by atoms with Gasteiger partial charge in [0.2, 0.25) is 0 Å². The van der Waals surface area contributed by atoms with Gasteiger partial charge < -0.3 is 15.5 Å². The van der Waals surface area contributed by atoms with Gasteiger partial charge in [-0.2, -0.15) is 0 Å². The maximum Gasteiger partial charge on any atom is 0.405 e. The number of rotatable bonds is 4. The molecule has 1 aromatic carbocycles. The Morgan fingerprint density at radius 2 is 1.89 bits per heavy atom. The van der Waals surface area contributed by atoms with Gasteiger partial charge in [-0.1, -0.05) is 30.3 Å². The van der Waals surface area contributed by atoms with Crippen LogP contribution in [0, 0.1) is 0 Å². The summed E-state index contributed by atoms with van der Waals surface area (Å²) in [5.74, 6) is 0. The quantitative estimate of drug-likeness (QED) is 0.766. The average Bonchev–Trinajstić information content (AvgIpc) is 2.42. The minimum Gasteiger partial charge on any atom is -0.465 e. The zero-order valence-electron chi connectivity index (χ0n) is 10.9. The molecular formula is C14H20N2O3. The van der Waals surface area contributed by atoms with Gasteiger partial charge in [0.1, 0.15) is 0 Å². The highest BCUT2D eigenvalue weighted by Gasteiger charge is 2.35. The largest absolute Gasteiger partial charge is 0.465 e. The Kier molecular flexibility index (Phi) is 4.39. The van der Waals surface area contributed by atoms with Crippen LogP contribution in [0.15, 0.2) is 30.3 Å². The summed E-state index contributed by atoms with van der Waals surface area (Å²) in [6, 6.07) is 10.2. The molecule has 1 amide bonds. The van der Waals surface area contributed by atoms with Crippen molar-refractivity contribution >= 4 is 6.09 Å². The maximum atomic E-state index is 10.8. The number of aliphatic hydroxyl groups is 1. The number of amides is 1. The Labute approximate surface area is 112 Å². The Morgan fingerprint density at radius 1 is 1.26 bits per heavy atom. The van der Waals surface area contributed by atoms with E-state index in [4.69, 9.17) is 5.11 Å². The molecule has 1 aromatic rings. The molecule has 0 aromatic heterocycles. The minimum absolute atomic E-state index is 0.140. The fraction of sp³-hybridized carbons (Fsp3) is 0.500. The lowest BCUT2D eigenvalue weighted by atomic mass is 9.88. The molecule has 19 heavy (non-hydrogen) atoms. The molecule has 1 aliphatic heterocycles. The number of aliphatic hydroxyl groups excluding tert-OH is 1. The van der Waals surface area contributed by atoms with Gasteiger partial charge in [-0.25, -0.2) is 4.79 Å². The van der Waals surface area contributed by atoms with E-state index in [2.05, 4.69) is 22.3 Å². The number of hydrogen-bond acceptors (Lipinski definition) is 3. The van der Waals surface area contributed by atoms with Gasteiger partial charge in [0.05, 0.1) is 12.1 Å². The molecule has 0 radical (unpaired) electrons. The summed E-state index contributed by atoms with van der Waals surface area (Å²) in [5.41, 5.74) is 0.587. The van der Waals surface area contributed by atoms with Crippen LogP contribution in [-0.2, 0) is 6.54 Å². The normalized spacial score (nSPS) is 19.0. The van der Waals surface area contributed by atoms with Crippen LogP contribution < -0.4 is 5.32 Å². The van der Waals surface area contributed by atoms with E-state index in [1.165, 1.54) is 5.56 Å². The number of likely N-dealkylation sites (tertiary alicyclic amines) is 1. The first-order valence-corrected chi connectivity index (χ1v) is 6.52. The van der Waals surface area contributed by atoms with Crippen molar-refractivity contribution in [3.8, 4) is 0 Å². The fourth-order valence-electron chi connectivity index (χ4n) is 2.53. The number of benzene rings is 1. The van der Waals surface area contributed by atoms with Crippen molar-refractivity contribution in [3.05, 3.63) is 35.9 Å². The molecule has 0 atom stereocenters. The number of hydrogen-bond donors (Lipinski definition) is 3. The van der Waals surface area contributed by atoms with Crippen LogP contribution in [0.2, 0.25) is 0 Å². The van der Waals surface area contributed by atoms with Gasteiger partial charge in [0.15, 0.2) is 0 Å². The third-order valence-corrected chi connectivity index (χ3v) is 3.74. The minimum atomic E-state index is -1.06. The van der Waals surface area contributed by atoms with E-state index in [1.807, 2.05) is 18.2 Å². The molecule has 2 rings (SSSR count). The van der Waals surface area contributed by atoms with Crippen LogP contribution in [0.4, 0.5) is 4.79 Å². The third kappa shape index (κ3) is 3.68. The Bertz CT molecular complexity index is 414. The molecular weight excluding hydrogens is 244 g/mol. The molecule has 1 fully saturated rings. The van der Waals surface area contributed by atoms with Gasteiger partial charge in [-0.15, -0.1) is 0 Å². The van der Waals surface area contributed by atoms with Crippen LogP contribution >= 0.6 is 0 Å². The molecule has 0 saturated carbocycles. The molecule has 0 aliphatic carbocycles. The highest BCUT2D eigenvalue weighted by Crippen LogP contribution is 2.23. The predicted octanol–water partition coefficient (Wildman–Crippen LogP) is 1.28. The summed E-state index contributed by atoms with van der Waals surface area (Å²) in [5, 5.41) is 20.7. The fourth-order valence-corrected chi connectivity index (χ4v) is 2.53. The van der Waals surface area contributed by atoms with Crippen LogP contribution in [0.25, 0.3) is 0 Å². The van der Waals surface area contributed by atoms with Crippen LogP contribution in [0.1, 0.15) is 18.4 Å². The molecule has 3 N–H and O–H groups in total. The van der Waals surface area contributed by atoms with Crippen molar-refractivity contribution in [2.75, 3.05) is 19.7 Å². The van der Waals surface area contributed by atoms with E-state index >= 15 is 0 Å². The van der Waals surface area contributed by atoms with Gasteiger partial charge in [-0.05, 0) is 18.4 Å². The summed E-state index contributed by atoms with van der Waals surface area (Å²) >= 11 is 0. The number of carbonyl (C=O) groups is 1. The first-order valence-electron chi connectivity index (χ1n) is 6.52. The van der Waals surface area contributed by atoms with Crippen molar-refractivity contribution in [1.29, 1.82) is 0 Å². The number of piperidine rings is 1. The summed E-state index contributed by atoms with van der Waals surface area (Å²) in [6.45, 7) is 2.30. The molecule has 1 aliphatic rings. The van der Waals surface area contributed by atoms with Crippen LogP contribution in [-0.4, -0.2) is 46.4 Å². The van der Waals surface area contributed by atoms with Crippen molar-refractivity contribution in [1.82, 2.24) is 10.2 Å². The standard InChI is InChI=1S/C14H20N2O3/c17-11-14(15-13(18)19)6-8-16(9-7-14)10-12-4-2-1-3-5-12/h1-5,15,17H,6-11H2,(H,18,19). The lowest BCUT2D eigenvalue weighted by molar-refractivity contribution is 0.0733. The Balaban J connectivity index is 1.89.